The Bertz CT molecular complexity index is 603. The number of nitrogens with two attached hydrogens (primary N) is 1. The summed E-state index contributed by atoms with van der Waals surface area (Å²) in [6, 6.07) is 15.2. The Morgan fingerprint density at radius 1 is 1.10 bits per heavy atom. The summed E-state index contributed by atoms with van der Waals surface area (Å²) in [6.07, 6.45) is 4.87. The van der Waals surface area contributed by atoms with Crippen LogP contribution in [-0.2, 0) is 6.42 Å². The van der Waals surface area contributed by atoms with Crippen molar-refractivity contribution >= 4 is 0 Å². The highest BCUT2D eigenvalue weighted by atomic mass is 16.5. The number of hydrogen-bond donors (Lipinski definition) is 1. The fourth-order valence-electron chi connectivity index (χ4n) is 3.36. The van der Waals surface area contributed by atoms with Gasteiger partial charge < -0.3 is 10.5 Å². The molecule has 0 saturated carbocycles. The Labute approximate surface area is 126 Å². The molecule has 1 aliphatic rings. The molecule has 1 unspecified atom stereocenters. The highest BCUT2D eigenvalue weighted by Crippen LogP contribution is 2.36. The maximum atomic E-state index is 5.78. The lowest BCUT2D eigenvalue weighted by molar-refractivity contribution is 0.415. The van der Waals surface area contributed by atoms with Crippen LogP contribution in [0.2, 0.25) is 0 Å². The zero-order chi connectivity index (χ0) is 14.7. The molecule has 21 heavy (non-hydrogen) atoms. The van der Waals surface area contributed by atoms with Gasteiger partial charge in [-0.05, 0) is 72.5 Å². The Balaban J connectivity index is 1.95. The lowest BCUT2D eigenvalue weighted by Gasteiger charge is -2.26. The monoisotopic (exact) mass is 281 g/mol. The number of rotatable bonds is 4. The van der Waals surface area contributed by atoms with Gasteiger partial charge >= 0.3 is 0 Å². The quantitative estimate of drug-likeness (QED) is 0.914. The molecule has 2 heteroatoms. The summed E-state index contributed by atoms with van der Waals surface area (Å²) in [7, 11) is 1.70. The zero-order valence-corrected chi connectivity index (χ0v) is 12.6. The van der Waals surface area contributed by atoms with Crippen molar-refractivity contribution in [3.8, 4) is 16.9 Å². The summed E-state index contributed by atoms with van der Waals surface area (Å²) in [4.78, 5) is 0. The second-order valence-corrected chi connectivity index (χ2v) is 5.81. The van der Waals surface area contributed by atoms with Gasteiger partial charge in [-0.3, -0.25) is 0 Å². The van der Waals surface area contributed by atoms with E-state index < -0.39 is 0 Å². The predicted molar refractivity (Wildman–Crippen MR) is 87.8 cm³/mol. The summed E-state index contributed by atoms with van der Waals surface area (Å²) >= 11 is 0. The minimum Gasteiger partial charge on any atom is -0.497 e. The van der Waals surface area contributed by atoms with Crippen LogP contribution in [0.25, 0.3) is 11.1 Å². The number of methoxy groups -OCH3 is 1. The van der Waals surface area contributed by atoms with E-state index in [4.69, 9.17) is 10.5 Å². The first-order chi connectivity index (χ1) is 10.3. The van der Waals surface area contributed by atoms with Crippen molar-refractivity contribution in [3.05, 3.63) is 53.6 Å². The standard InChI is InChI=1S/C19H23NO/c1-21-18-9-7-14(8-10-18)17-6-5-15-3-2-4-16(11-12-20)19(15)13-17/h5-10,13,16H,2-4,11-12,20H2,1H3. The Kier molecular flexibility index (Phi) is 4.26. The van der Waals surface area contributed by atoms with Crippen molar-refractivity contribution in [1.82, 2.24) is 0 Å². The van der Waals surface area contributed by atoms with Gasteiger partial charge in [0.05, 0.1) is 7.11 Å². The van der Waals surface area contributed by atoms with E-state index in [9.17, 15) is 0 Å². The Morgan fingerprint density at radius 2 is 1.86 bits per heavy atom. The van der Waals surface area contributed by atoms with Crippen LogP contribution in [0.5, 0.6) is 5.75 Å². The van der Waals surface area contributed by atoms with E-state index >= 15 is 0 Å². The van der Waals surface area contributed by atoms with E-state index in [2.05, 4.69) is 30.3 Å². The molecule has 3 rings (SSSR count). The van der Waals surface area contributed by atoms with Gasteiger partial charge in [-0.15, -0.1) is 0 Å². The van der Waals surface area contributed by atoms with Gasteiger partial charge in [0.2, 0.25) is 0 Å². The molecule has 2 aromatic carbocycles. The number of ether oxygens (including phenoxy) is 1. The van der Waals surface area contributed by atoms with Gasteiger partial charge in [-0.25, -0.2) is 0 Å². The molecular formula is C19H23NO. The van der Waals surface area contributed by atoms with Crippen LogP contribution in [0, 0.1) is 0 Å². The van der Waals surface area contributed by atoms with Gasteiger partial charge in [0.25, 0.3) is 0 Å². The van der Waals surface area contributed by atoms with Crippen molar-refractivity contribution in [2.45, 2.75) is 31.6 Å². The molecule has 1 atom stereocenters. The summed E-state index contributed by atoms with van der Waals surface area (Å²) in [6.45, 7) is 0.775. The summed E-state index contributed by atoms with van der Waals surface area (Å²) in [5.74, 6) is 1.54. The highest BCUT2D eigenvalue weighted by molar-refractivity contribution is 5.66. The summed E-state index contributed by atoms with van der Waals surface area (Å²) < 4.78 is 5.23. The number of benzene rings is 2. The first-order valence-electron chi connectivity index (χ1n) is 7.79. The van der Waals surface area contributed by atoms with Crippen molar-refractivity contribution in [1.29, 1.82) is 0 Å². The Hall–Kier alpha value is -1.80. The molecule has 2 aromatic rings. The molecule has 2 N–H and O–H groups in total. The van der Waals surface area contributed by atoms with Crippen LogP contribution in [0.15, 0.2) is 42.5 Å². The summed E-state index contributed by atoms with van der Waals surface area (Å²) in [5, 5.41) is 0. The maximum Gasteiger partial charge on any atom is 0.118 e. The van der Waals surface area contributed by atoms with E-state index in [0.717, 1.165) is 18.7 Å². The third kappa shape index (κ3) is 2.96. The Morgan fingerprint density at radius 3 is 2.57 bits per heavy atom. The van der Waals surface area contributed by atoms with Crippen LogP contribution in [0.3, 0.4) is 0 Å². The predicted octanol–water partition coefficient (Wildman–Crippen LogP) is 4.13. The normalized spacial score (nSPS) is 17.3. The smallest absolute Gasteiger partial charge is 0.118 e. The number of hydrogen-bond acceptors (Lipinski definition) is 2. The number of aryl methyl sites for hydroxylation is 1. The van der Waals surface area contributed by atoms with Gasteiger partial charge in [0, 0.05) is 0 Å². The molecule has 0 aliphatic heterocycles. The third-order valence-corrected chi connectivity index (χ3v) is 4.52. The van der Waals surface area contributed by atoms with E-state index in [1.54, 1.807) is 7.11 Å². The topological polar surface area (TPSA) is 35.2 Å². The minimum absolute atomic E-state index is 0.636. The maximum absolute atomic E-state index is 5.78. The molecule has 1 aliphatic carbocycles. The van der Waals surface area contributed by atoms with Crippen LogP contribution in [0.4, 0.5) is 0 Å². The largest absolute Gasteiger partial charge is 0.497 e. The average molecular weight is 281 g/mol. The summed E-state index contributed by atoms with van der Waals surface area (Å²) in [5.41, 5.74) is 11.3. The molecule has 0 saturated heterocycles. The van der Waals surface area contributed by atoms with Crippen molar-refractivity contribution in [3.63, 3.8) is 0 Å². The molecule has 0 bridgehead atoms. The third-order valence-electron chi connectivity index (χ3n) is 4.52. The second-order valence-electron chi connectivity index (χ2n) is 5.81. The van der Waals surface area contributed by atoms with Crippen LogP contribution in [0.1, 0.15) is 36.3 Å². The lowest BCUT2D eigenvalue weighted by atomic mass is 9.80. The fraction of sp³-hybridized carbons (Fsp3) is 0.368. The molecule has 0 spiro atoms. The van der Waals surface area contributed by atoms with E-state index in [0.29, 0.717) is 5.92 Å². The van der Waals surface area contributed by atoms with Crippen molar-refractivity contribution in [2.75, 3.05) is 13.7 Å². The van der Waals surface area contributed by atoms with Crippen LogP contribution in [-0.4, -0.2) is 13.7 Å². The first-order valence-corrected chi connectivity index (χ1v) is 7.79. The van der Waals surface area contributed by atoms with E-state index in [1.807, 2.05) is 12.1 Å². The van der Waals surface area contributed by atoms with Crippen LogP contribution < -0.4 is 10.5 Å². The molecule has 0 fully saturated rings. The lowest BCUT2D eigenvalue weighted by Crippen LogP contribution is -2.14. The molecule has 0 amide bonds. The molecule has 0 aromatic heterocycles. The minimum atomic E-state index is 0.636. The first kappa shape index (κ1) is 14.2. The molecule has 0 heterocycles. The van der Waals surface area contributed by atoms with Gasteiger partial charge in [-0.2, -0.15) is 0 Å². The molecule has 110 valence electrons. The highest BCUT2D eigenvalue weighted by Gasteiger charge is 2.20. The second kappa shape index (κ2) is 6.31. The number of fused-ring (bicyclic) bond motifs is 1. The van der Waals surface area contributed by atoms with Gasteiger partial charge in [0.1, 0.15) is 5.75 Å². The van der Waals surface area contributed by atoms with E-state index in [1.165, 1.54) is 41.5 Å². The molecule has 0 radical (unpaired) electrons. The van der Waals surface area contributed by atoms with Crippen molar-refractivity contribution < 1.29 is 4.74 Å². The van der Waals surface area contributed by atoms with Gasteiger partial charge in [-0.1, -0.05) is 30.3 Å². The van der Waals surface area contributed by atoms with E-state index in [-0.39, 0.29) is 0 Å². The van der Waals surface area contributed by atoms with Gasteiger partial charge in [0.15, 0.2) is 0 Å². The average Bonchev–Trinajstić information content (AvgIpc) is 2.55. The van der Waals surface area contributed by atoms with Crippen LogP contribution >= 0.6 is 0 Å². The molecule has 2 nitrogen and oxygen atoms in total. The zero-order valence-electron chi connectivity index (χ0n) is 12.6. The fourth-order valence-corrected chi connectivity index (χ4v) is 3.36. The SMILES string of the molecule is COc1ccc(-c2ccc3c(c2)C(CCN)CCC3)cc1. The van der Waals surface area contributed by atoms with Crippen molar-refractivity contribution in [2.24, 2.45) is 5.73 Å². The molecular weight excluding hydrogens is 258 g/mol.